The summed E-state index contributed by atoms with van der Waals surface area (Å²) in [6, 6.07) is 1.63. The van der Waals surface area contributed by atoms with Gasteiger partial charge in [-0.05, 0) is 32.4 Å². The van der Waals surface area contributed by atoms with Crippen molar-refractivity contribution in [1.29, 1.82) is 0 Å². The van der Waals surface area contributed by atoms with E-state index in [0.717, 1.165) is 18.6 Å². The number of nitrogens with one attached hydrogen (secondary N) is 1. The van der Waals surface area contributed by atoms with Gasteiger partial charge >= 0.3 is 0 Å². The first-order valence-electron chi connectivity index (χ1n) is 7.53. The monoisotopic (exact) mass is 239 g/mol. The van der Waals surface area contributed by atoms with Gasteiger partial charge in [-0.2, -0.15) is 0 Å². The van der Waals surface area contributed by atoms with Crippen molar-refractivity contribution in [3.8, 4) is 0 Å². The first-order valence-corrected chi connectivity index (χ1v) is 7.53. The lowest BCUT2D eigenvalue weighted by Gasteiger charge is -2.42. The van der Waals surface area contributed by atoms with Crippen molar-refractivity contribution in [2.24, 2.45) is 0 Å². The minimum atomic E-state index is 0.781. The van der Waals surface area contributed by atoms with Gasteiger partial charge in [-0.1, -0.05) is 20.3 Å². The summed E-state index contributed by atoms with van der Waals surface area (Å²) in [5, 5.41) is 3.64. The SMILES string of the molecule is CCNC1CCCC(N2CCN(CC)CC2)C1. The number of nitrogens with zero attached hydrogens (tertiary/aromatic N) is 2. The molecule has 1 heterocycles. The molecular weight excluding hydrogens is 210 g/mol. The number of hydrogen-bond acceptors (Lipinski definition) is 3. The van der Waals surface area contributed by atoms with E-state index < -0.39 is 0 Å². The molecule has 1 N–H and O–H groups in total. The van der Waals surface area contributed by atoms with Gasteiger partial charge in [-0.25, -0.2) is 0 Å². The predicted molar refractivity (Wildman–Crippen MR) is 73.4 cm³/mol. The van der Waals surface area contributed by atoms with E-state index in [1.54, 1.807) is 0 Å². The minimum Gasteiger partial charge on any atom is -0.314 e. The Morgan fingerprint density at radius 1 is 1.06 bits per heavy atom. The van der Waals surface area contributed by atoms with Crippen LogP contribution in [0.3, 0.4) is 0 Å². The molecule has 0 bridgehead atoms. The van der Waals surface area contributed by atoms with Crippen molar-refractivity contribution >= 4 is 0 Å². The lowest BCUT2D eigenvalue weighted by Crippen LogP contribution is -2.52. The van der Waals surface area contributed by atoms with Crippen molar-refractivity contribution in [2.45, 2.75) is 51.6 Å². The summed E-state index contributed by atoms with van der Waals surface area (Å²) in [6.45, 7) is 12.0. The number of piperazine rings is 1. The Morgan fingerprint density at radius 3 is 2.47 bits per heavy atom. The fourth-order valence-electron chi connectivity index (χ4n) is 3.41. The van der Waals surface area contributed by atoms with E-state index in [2.05, 4.69) is 29.0 Å². The molecule has 1 aliphatic heterocycles. The summed E-state index contributed by atoms with van der Waals surface area (Å²) in [7, 11) is 0. The van der Waals surface area contributed by atoms with Gasteiger partial charge in [0.15, 0.2) is 0 Å². The molecule has 0 amide bonds. The van der Waals surface area contributed by atoms with Crippen molar-refractivity contribution in [3.05, 3.63) is 0 Å². The van der Waals surface area contributed by atoms with Gasteiger partial charge in [0.2, 0.25) is 0 Å². The van der Waals surface area contributed by atoms with Gasteiger partial charge in [0.25, 0.3) is 0 Å². The fourth-order valence-corrected chi connectivity index (χ4v) is 3.41. The Balaban J connectivity index is 1.77. The molecule has 1 aliphatic carbocycles. The Bertz CT molecular complexity index is 210. The number of likely N-dealkylation sites (N-methyl/N-ethyl adjacent to an activating group) is 1. The van der Waals surface area contributed by atoms with Gasteiger partial charge in [0.1, 0.15) is 0 Å². The van der Waals surface area contributed by atoms with Gasteiger partial charge < -0.3 is 10.2 Å². The molecule has 0 radical (unpaired) electrons. The van der Waals surface area contributed by atoms with Gasteiger partial charge in [-0.15, -0.1) is 0 Å². The maximum absolute atomic E-state index is 3.64. The second-order valence-corrected chi connectivity index (χ2v) is 5.55. The zero-order valence-electron chi connectivity index (χ0n) is 11.6. The van der Waals surface area contributed by atoms with Crippen LogP contribution in [0.2, 0.25) is 0 Å². The number of hydrogen-bond donors (Lipinski definition) is 1. The van der Waals surface area contributed by atoms with Crippen LogP contribution in [0.25, 0.3) is 0 Å². The summed E-state index contributed by atoms with van der Waals surface area (Å²) in [5.41, 5.74) is 0. The van der Waals surface area contributed by atoms with Gasteiger partial charge in [0, 0.05) is 38.3 Å². The molecule has 100 valence electrons. The number of rotatable bonds is 4. The highest BCUT2D eigenvalue weighted by Crippen LogP contribution is 2.24. The van der Waals surface area contributed by atoms with Crippen LogP contribution in [0.15, 0.2) is 0 Å². The van der Waals surface area contributed by atoms with Crippen LogP contribution in [-0.4, -0.2) is 61.2 Å². The van der Waals surface area contributed by atoms with Crippen molar-refractivity contribution in [2.75, 3.05) is 39.3 Å². The molecule has 1 saturated carbocycles. The summed E-state index contributed by atoms with van der Waals surface area (Å²) in [6.07, 6.45) is 5.60. The molecule has 2 rings (SSSR count). The molecule has 2 fully saturated rings. The van der Waals surface area contributed by atoms with Crippen molar-refractivity contribution in [3.63, 3.8) is 0 Å². The normalized spacial score (nSPS) is 32.8. The zero-order valence-corrected chi connectivity index (χ0v) is 11.6. The third-order valence-corrected chi connectivity index (χ3v) is 4.51. The molecule has 2 unspecified atom stereocenters. The molecule has 0 aromatic rings. The third-order valence-electron chi connectivity index (χ3n) is 4.51. The predicted octanol–water partition coefficient (Wildman–Crippen LogP) is 1.54. The minimum absolute atomic E-state index is 0.781. The second kappa shape index (κ2) is 6.72. The average molecular weight is 239 g/mol. The van der Waals surface area contributed by atoms with Crippen LogP contribution in [0.4, 0.5) is 0 Å². The fraction of sp³-hybridized carbons (Fsp3) is 1.00. The van der Waals surface area contributed by atoms with Crippen molar-refractivity contribution < 1.29 is 0 Å². The van der Waals surface area contributed by atoms with Crippen LogP contribution in [0, 0.1) is 0 Å². The maximum Gasteiger partial charge on any atom is 0.0113 e. The van der Waals surface area contributed by atoms with E-state index in [-0.39, 0.29) is 0 Å². The Morgan fingerprint density at radius 2 is 1.82 bits per heavy atom. The molecule has 0 spiro atoms. The van der Waals surface area contributed by atoms with E-state index in [1.807, 2.05) is 0 Å². The van der Waals surface area contributed by atoms with E-state index >= 15 is 0 Å². The molecule has 0 aromatic carbocycles. The molecule has 3 heteroatoms. The highest BCUT2D eigenvalue weighted by atomic mass is 15.3. The van der Waals surface area contributed by atoms with E-state index in [0.29, 0.717) is 0 Å². The standard InChI is InChI=1S/C14H29N3/c1-3-15-13-6-5-7-14(12-13)17-10-8-16(4-2)9-11-17/h13-15H,3-12H2,1-2H3. The summed E-state index contributed by atoms with van der Waals surface area (Å²) < 4.78 is 0. The van der Waals surface area contributed by atoms with Crippen LogP contribution in [-0.2, 0) is 0 Å². The van der Waals surface area contributed by atoms with Crippen LogP contribution < -0.4 is 5.32 Å². The molecule has 0 aromatic heterocycles. The highest BCUT2D eigenvalue weighted by molar-refractivity contribution is 4.86. The molecule has 2 aliphatic rings. The first kappa shape index (κ1) is 13.3. The van der Waals surface area contributed by atoms with Crippen LogP contribution >= 0.6 is 0 Å². The molecule has 17 heavy (non-hydrogen) atoms. The summed E-state index contributed by atoms with van der Waals surface area (Å²) in [5.74, 6) is 0. The molecule has 2 atom stereocenters. The smallest absolute Gasteiger partial charge is 0.0113 e. The molecular formula is C14H29N3. The van der Waals surface area contributed by atoms with Gasteiger partial charge in [-0.3, -0.25) is 4.90 Å². The van der Waals surface area contributed by atoms with Crippen LogP contribution in [0.1, 0.15) is 39.5 Å². The quantitative estimate of drug-likeness (QED) is 0.803. The van der Waals surface area contributed by atoms with Gasteiger partial charge in [0.05, 0.1) is 0 Å². The van der Waals surface area contributed by atoms with Crippen LogP contribution in [0.5, 0.6) is 0 Å². The largest absolute Gasteiger partial charge is 0.314 e. The third kappa shape index (κ3) is 3.67. The lowest BCUT2D eigenvalue weighted by molar-refractivity contribution is 0.0744. The van der Waals surface area contributed by atoms with E-state index in [4.69, 9.17) is 0 Å². The lowest BCUT2D eigenvalue weighted by atomic mass is 9.89. The Kier molecular flexibility index (Phi) is 5.26. The summed E-state index contributed by atoms with van der Waals surface area (Å²) in [4.78, 5) is 5.32. The Hall–Kier alpha value is -0.120. The highest BCUT2D eigenvalue weighted by Gasteiger charge is 2.28. The topological polar surface area (TPSA) is 18.5 Å². The zero-order chi connectivity index (χ0) is 12.1. The molecule has 1 saturated heterocycles. The van der Waals surface area contributed by atoms with E-state index in [1.165, 1.54) is 58.4 Å². The first-order chi connectivity index (χ1) is 8.33. The van der Waals surface area contributed by atoms with Crippen molar-refractivity contribution in [1.82, 2.24) is 15.1 Å². The average Bonchev–Trinajstić information content (AvgIpc) is 2.40. The summed E-state index contributed by atoms with van der Waals surface area (Å²) >= 11 is 0. The molecule has 3 nitrogen and oxygen atoms in total. The Labute approximate surface area is 107 Å². The maximum atomic E-state index is 3.64. The van der Waals surface area contributed by atoms with E-state index in [9.17, 15) is 0 Å². The second-order valence-electron chi connectivity index (χ2n) is 5.55.